The Hall–Kier alpha value is -3.33. The molecule has 3 aromatic rings. The van der Waals surface area contributed by atoms with Crippen molar-refractivity contribution in [3.05, 3.63) is 60.3 Å². The van der Waals surface area contributed by atoms with Crippen LogP contribution in [0.5, 0.6) is 0 Å². The molecule has 0 saturated carbocycles. The second-order valence-electron chi connectivity index (χ2n) is 6.84. The Balaban J connectivity index is 1.42. The first-order valence-electron chi connectivity index (χ1n) is 9.04. The highest BCUT2D eigenvalue weighted by Crippen LogP contribution is 2.15. The number of carbonyl (C=O) groups is 2. The number of aliphatic hydroxyl groups is 1. The van der Waals surface area contributed by atoms with Crippen LogP contribution in [0.25, 0.3) is 5.65 Å². The van der Waals surface area contributed by atoms with Crippen molar-refractivity contribution in [1.82, 2.24) is 29.8 Å². The fraction of sp³-hybridized carbons (Fsp3) is 0.316. The van der Waals surface area contributed by atoms with E-state index in [1.54, 1.807) is 41.6 Å². The van der Waals surface area contributed by atoms with E-state index < -0.39 is 6.10 Å². The maximum absolute atomic E-state index is 12.9. The van der Waals surface area contributed by atoms with Crippen molar-refractivity contribution in [3.63, 3.8) is 0 Å². The van der Waals surface area contributed by atoms with E-state index in [9.17, 15) is 14.7 Å². The van der Waals surface area contributed by atoms with Crippen LogP contribution in [0.1, 0.15) is 22.5 Å². The largest absolute Gasteiger partial charge is 0.391 e. The second-order valence-corrected chi connectivity index (χ2v) is 6.84. The molecule has 1 saturated heterocycles. The number of likely N-dealkylation sites (tertiary alicyclic amines) is 1. The van der Waals surface area contributed by atoms with Gasteiger partial charge in [0.2, 0.25) is 5.91 Å². The molecular weight excluding hydrogens is 360 g/mol. The predicted molar refractivity (Wildman–Crippen MR) is 99.4 cm³/mol. The number of hydrogen-bond donors (Lipinski definition) is 2. The number of pyridine rings is 2. The molecule has 28 heavy (non-hydrogen) atoms. The first-order chi connectivity index (χ1) is 13.6. The number of amides is 2. The topological polar surface area (TPSA) is 113 Å². The summed E-state index contributed by atoms with van der Waals surface area (Å²) >= 11 is 0. The van der Waals surface area contributed by atoms with E-state index in [4.69, 9.17) is 0 Å². The zero-order chi connectivity index (χ0) is 19.5. The van der Waals surface area contributed by atoms with Crippen molar-refractivity contribution in [2.45, 2.75) is 25.0 Å². The Kier molecular flexibility index (Phi) is 4.98. The van der Waals surface area contributed by atoms with Crippen LogP contribution >= 0.6 is 0 Å². The molecule has 1 aliphatic heterocycles. The van der Waals surface area contributed by atoms with E-state index in [0.717, 1.165) is 0 Å². The smallest absolute Gasteiger partial charge is 0.255 e. The van der Waals surface area contributed by atoms with E-state index in [-0.39, 0.29) is 30.8 Å². The van der Waals surface area contributed by atoms with E-state index in [1.807, 2.05) is 6.07 Å². The van der Waals surface area contributed by atoms with Gasteiger partial charge in [-0.25, -0.2) is 9.50 Å². The van der Waals surface area contributed by atoms with Gasteiger partial charge in [0.1, 0.15) is 6.33 Å². The van der Waals surface area contributed by atoms with E-state index in [0.29, 0.717) is 29.9 Å². The molecule has 144 valence electrons. The minimum absolute atomic E-state index is 0.157. The number of aliphatic hydroxyl groups excluding tert-OH is 1. The molecule has 0 spiro atoms. The molecule has 1 aliphatic rings. The molecule has 2 amide bonds. The third-order valence-corrected chi connectivity index (χ3v) is 4.67. The number of nitrogens with zero attached hydrogens (tertiary/aromatic N) is 5. The summed E-state index contributed by atoms with van der Waals surface area (Å²) in [5.74, 6) is -0.408. The third kappa shape index (κ3) is 3.99. The average molecular weight is 380 g/mol. The first kappa shape index (κ1) is 18.1. The third-order valence-electron chi connectivity index (χ3n) is 4.67. The second kappa shape index (κ2) is 7.73. The summed E-state index contributed by atoms with van der Waals surface area (Å²) < 4.78 is 1.53. The van der Waals surface area contributed by atoms with Gasteiger partial charge in [0.05, 0.1) is 18.1 Å². The van der Waals surface area contributed by atoms with Crippen LogP contribution in [0.3, 0.4) is 0 Å². The highest BCUT2D eigenvalue weighted by atomic mass is 16.3. The predicted octanol–water partition coefficient (Wildman–Crippen LogP) is 0.0586. The minimum Gasteiger partial charge on any atom is -0.391 e. The fourth-order valence-electron chi connectivity index (χ4n) is 3.41. The summed E-state index contributed by atoms with van der Waals surface area (Å²) in [6.07, 6.45) is 4.53. The SMILES string of the molecule is O=C(Cc1ccccn1)N[C@H]1C[C@@H](O)CN(C(=O)c2ccc3ncnn3c2)C1. The van der Waals surface area contributed by atoms with Crippen molar-refractivity contribution < 1.29 is 14.7 Å². The van der Waals surface area contributed by atoms with Gasteiger partial charge in [0, 0.05) is 37.2 Å². The lowest BCUT2D eigenvalue weighted by molar-refractivity contribution is -0.121. The maximum atomic E-state index is 12.9. The van der Waals surface area contributed by atoms with Crippen molar-refractivity contribution >= 4 is 17.5 Å². The van der Waals surface area contributed by atoms with Gasteiger partial charge >= 0.3 is 0 Å². The number of piperidine rings is 1. The van der Waals surface area contributed by atoms with Crippen molar-refractivity contribution in [1.29, 1.82) is 0 Å². The molecule has 1 fully saturated rings. The first-order valence-corrected chi connectivity index (χ1v) is 9.04. The molecule has 9 heteroatoms. The van der Waals surface area contributed by atoms with Crippen molar-refractivity contribution in [3.8, 4) is 0 Å². The number of rotatable bonds is 4. The van der Waals surface area contributed by atoms with Crippen LogP contribution in [0.2, 0.25) is 0 Å². The molecule has 0 aliphatic carbocycles. The summed E-state index contributed by atoms with van der Waals surface area (Å²) in [6, 6.07) is 8.48. The van der Waals surface area contributed by atoms with Crippen LogP contribution in [0, 0.1) is 0 Å². The normalized spacial score (nSPS) is 19.5. The highest BCUT2D eigenvalue weighted by Gasteiger charge is 2.30. The molecule has 4 rings (SSSR count). The number of aromatic nitrogens is 4. The van der Waals surface area contributed by atoms with Crippen LogP contribution in [0.15, 0.2) is 49.1 Å². The quantitative estimate of drug-likeness (QED) is 0.662. The Morgan fingerprint density at radius 1 is 1.18 bits per heavy atom. The van der Waals surface area contributed by atoms with Gasteiger partial charge in [-0.2, -0.15) is 5.10 Å². The molecule has 2 atom stereocenters. The summed E-state index contributed by atoms with van der Waals surface area (Å²) in [5.41, 5.74) is 1.77. The Labute approximate surface area is 161 Å². The lowest BCUT2D eigenvalue weighted by atomic mass is 10.0. The summed E-state index contributed by atoms with van der Waals surface area (Å²) in [7, 11) is 0. The van der Waals surface area contributed by atoms with E-state index in [2.05, 4.69) is 20.4 Å². The number of β-amino-alcohol motifs (C(OH)–C–C–N with tert-alkyl or cyclic N) is 1. The Morgan fingerprint density at radius 3 is 2.89 bits per heavy atom. The average Bonchev–Trinajstić information content (AvgIpc) is 3.15. The monoisotopic (exact) mass is 380 g/mol. The maximum Gasteiger partial charge on any atom is 0.255 e. The number of nitrogens with one attached hydrogen (secondary N) is 1. The molecule has 3 aromatic heterocycles. The van der Waals surface area contributed by atoms with E-state index >= 15 is 0 Å². The number of fused-ring (bicyclic) bond motifs is 1. The molecule has 0 unspecified atom stereocenters. The van der Waals surface area contributed by atoms with Gasteiger partial charge < -0.3 is 15.3 Å². The molecule has 2 N–H and O–H groups in total. The van der Waals surface area contributed by atoms with Gasteiger partial charge in [-0.15, -0.1) is 0 Å². The van der Waals surface area contributed by atoms with Gasteiger partial charge in [-0.05, 0) is 30.7 Å². The van der Waals surface area contributed by atoms with Gasteiger partial charge in [0.15, 0.2) is 5.65 Å². The molecule has 0 aromatic carbocycles. The lowest BCUT2D eigenvalue weighted by Gasteiger charge is -2.36. The summed E-state index contributed by atoms with van der Waals surface area (Å²) in [4.78, 5) is 34.9. The Bertz CT molecular complexity index is 990. The molecule has 9 nitrogen and oxygen atoms in total. The number of carbonyl (C=O) groups excluding carboxylic acids is 2. The molecule has 4 heterocycles. The van der Waals surface area contributed by atoms with Crippen molar-refractivity contribution in [2.24, 2.45) is 0 Å². The summed E-state index contributed by atoms with van der Waals surface area (Å²) in [5, 5.41) is 17.1. The van der Waals surface area contributed by atoms with E-state index in [1.165, 1.54) is 10.8 Å². The standard InChI is InChI=1S/C19H20N6O3/c26-16-7-15(23-18(27)8-14-3-1-2-6-20-14)10-24(11-16)19(28)13-4-5-17-21-12-22-25(17)9-13/h1-6,9,12,15-16,26H,7-8,10-11H2,(H,23,27)/t15-,16+/m0/s1. The molecular formula is C19H20N6O3. The zero-order valence-electron chi connectivity index (χ0n) is 15.1. The Morgan fingerprint density at radius 2 is 2.07 bits per heavy atom. The van der Waals surface area contributed by atoms with Gasteiger partial charge in [-0.1, -0.05) is 6.07 Å². The minimum atomic E-state index is -0.701. The van der Waals surface area contributed by atoms with Crippen LogP contribution in [0.4, 0.5) is 0 Å². The zero-order valence-corrected chi connectivity index (χ0v) is 15.1. The highest BCUT2D eigenvalue weighted by molar-refractivity contribution is 5.94. The molecule has 0 radical (unpaired) electrons. The van der Waals surface area contributed by atoms with Crippen LogP contribution in [-0.2, 0) is 11.2 Å². The lowest BCUT2D eigenvalue weighted by Crippen LogP contribution is -2.54. The van der Waals surface area contributed by atoms with Crippen LogP contribution < -0.4 is 5.32 Å². The summed E-state index contributed by atoms with van der Waals surface area (Å²) in [6.45, 7) is 0.556. The molecule has 0 bridgehead atoms. The van der Waals surface area contributed by atoms with Crippen LogP contribution in [-0.4, -0.2) is 66.6 Å². The fourth-order valence-corrected chi connectivity index (χ4v) is 3.41. The van der Waals surface area contributed by atoms with Gasteiger partial charge in [0.25, 0.3) is 5.91 Å². The van der Waals surface area contributed by atoms with Gasteiger partial charge in [-0.3, -0.25) is 14.6 Å². The van der Waals surface area contributed by atoms with Crippen molar-refractivity contribution in [2.75, 3.05) is 13.1 Å². The number of hydrogen-bond acceptors (Lipinski definition) is 6.